The van der Waals surface area contributed by atoms with Crippen molar-refractivity contribution < 1.29 is 9.13 Å². The SMILES string of the molecule is Fc1ccccc1OCc1cc2c(Cl)cccc2[nH]1. The Kier molecular flexibility index (Phi) is 3.13. The fraction of sp³-hybridized carbons (Fsp3) is 0.0667. The fourth-order valence-corrected chi connectivity index (χ4v) is 2.20. The topological polar surface area (TPSA) is 25.0 Å². The van der Waals surface area contributed by atoms with Gasteiger partial charge in [-0.25, -0.2) is 4.39 Å². The number of para-hydroxylation sites is 1. The van der Waals surface area contributed by atoms with Crippen molar-refractivity contribution in [2.75, 3.05) is 0 Å². The first-order valence-electron chi connectivity index (χ1n) is 5.87. The molecule has 0 aliphatic heterocycles. The number of H-pyrrole nitrogens is 1. The number of hydrogen-bond acceptors (Lipinski definition) is 1. The van der Waals surface area contributed by atoms with Crippen LogP contribution < -0.4 is 4.74 Å². The molecule has 0 fully saturated rings. The lowest BCUT2D eigenvalue weighted by molar-refractivity contribution is 0.287. The van der Waals surface area contributed by atoms with Crippen molar-refractivity contribution in [2.24, 2.45) is 0 Å². The second-order valence-corrected chi connectivity index (χ2v) is 4.62. The lowest BCUT2D eigenvalue weighted by Crippen LogP contribution is -1.97. The molecule has 4 heteroatoms. The minimum atomic E-state index is -0.364. The number of aromatic amines is 1. The Balaban J connectivity index is 1.83. The summed E-state index contributed by atoms with van der Waals surface area (Å²) in [4.78, 5) is 3.19. The van der Waals surface area contributed by atoms with Gasteiger partial charge in [-0.15, -0.1) is 0 Å². The third kappa shape index (κ3) is 2.42. The molecule has 0 bridgehead atoms. The summed E-state index contributed by atoms with van der Waals surface area (Å²) in [5.41, 5.74) is 1.80. The van der Waals surface area contributed by atoms with Crippen LogP contribution in [0.2, 0.25) is 5.02 Å². The zero-order valence-corrected chi connectivity index (χ0v) is 10.7. The molecule has 0 radical (unpaired) electrons. The zero-order chi connectivity index (χ0) is 13.2. The lowest BCUT2D eigenvalue weighted by atomic mass is 10.2. The summed E-state index contributed by atoms with van der Waals surface area (Å²) >= 11 is 6.09. The summed E-state index contributed by atoms with van der Waals surface area (Å²) in [5.74, 6) is -0.121. The Morgan fingerprint density at radius 2 is 1.95 bits per heavy atom. The van der Waals surface area contributed by atoms with Crippen molar-refractivity contribution in [3.05, 3.63) is 65.1 Å². The smallest absolute Gasteiger partial charge is 0.165 e. The van der Waals surface area contributed by atoms with Gasteiger partial charge in [0.05, 0.1) is 5.69 Å². The Hall–Kier alpha value is -2.00. The first kappa shape index (κ1) is 12.1. The molecular formula is C15H11ClFNO. The normalized spacial score (nSPS) is 10.8. The molecule has 3 aromatic rings. The molecule has 0 saturated heterocycles. The molecule has 0 unspecified atom stereocenters. The van der Waals surface area contributed by atoms with E-state index < -0.39 is 0 Å². The van der Waals surface area contributed by atoms with Crippen LogP contribution in [0.25, 0.3) is 10.9 Å². The third-order valence-electron chi connectivity index (χ3n) is 2.89. The molecule has 96 valence electrons. The van der Waals surface area contributed by atoms with Crippen LogP contribution in [-0.4, -0.2) is 4.98 Å². The van der Waals surface area contributed by atoms with Crippen LogP contribution in [0.1, 0.15) is 5.69 Å². The minimum Gasteiger partial charge on any atom is -0.484 e. The summed E-state index contributed by atoms with van der Waals surface area (Å²) in [6.07, 6.45) is 0. The van der Waals surface area contributed by atoms with Crippen molar-refractivity contribution in [3.8, 4) is 5.75 Å². The second kappa shape index (κ2) is 4.94. The van der Waals surface area contributed by atoms with E-state index >= 15 is 0 Å². The van der Waals surface area contributed by atoms with Gasteiger partial charge in [-0.1, -0.05) is 29.8 Å². The summed E-state index contributed by atoms with van der Waals surface area (Å²) in [7, 11) is 0. The van der Waals surface area contributed by atoms with Gasteiger partial charge in [-0.2, -0.15) is 0 Å². The van der Waals surface area contributed by atoms with Gasteiger partial charge >= 0.3 is 0 Å². The number of hydrogen-bond donors (Lipinski definition) is 1. The van der Waals surface area contributed by atoms with E-state index in [1.54, 1.807) is 18.2 Å². The maximum absolute atomic E-state index is 13.4. The van der Waals surface area contributed by atoms with Gasteiger partial charge in [0.2, 0.25) is 0 Å². The van der Waals surface area contributed by atoms with E-state index in [0.717, 1.165) is 16.6 Å². The van der Waals surface area contributed by atoms with Crippen LogP contribution in [0.4, 0.5) is 4.39 Å². The molecule has 0 saturated carbocycles. The summed E-state index contributed by atoms with van der Waals surface area (Å²) in [6.45, 7) is 0.270. The highest BCUT2D eigenvalue weighted by Gasteiger charge is 2.06. The molecule has 1 aromatic heterocycles. The van der Waals surface area contributed by atoms with E-state index in [1.807, 2.05) is 24.3 Å². The number of nitrogens with one attached hydrogen (secondary N) is 1. The van der Waals surface area contributed by atoms with Gasteiger partial charge in [0.15, 0.2) is 11.6 Å². The molecule has 0 spiro atoms. The van der Waals surface area contributed by atoms with Crippen molar-refractivity contribution in [2.45, 2.75) is 6.61 Å². The molecule has 0 aliphatic carbocycles. The molecule has 2 aromatic carbocycles. The molecule has 0 atom stereocenters. The number of aromatic nitrogens is 1. The van der Waals surface area contributed by atoms with Gasteiger partial charge in [0, 0.05) is 15.9 Å². The number of fused-ring (bicyclic) bond motifs is 1. The standard InChI is InChI=1S/C15H11ClFNO/c16-12-4-3-6-14-11(12)8-10(18-14)9-19-15-7-2-1-5-13(15)17/h1-8,18H,9H2. The highest BCUT2D eigenvalue weighted by Crippen LogP contribution is 2.25. The summed E-state index contributed by atoms with van der Waals surface area (Å²) in [6, 6.07) is 13.9. The van der Waals surface area contributed by atoms with Crippen LogP contribution >= 0.6 is 11.6 Å². The van der Waals surface area contributed by atoms with Gasteiger partial charge in [0.25, 0.3) is 0 Å². The van der Waals surface area contributed by atoms with Crippen LogP contribution in [0, 0.1) is 5.82 Å². The predicted octanol–water partition coefficient (Wildman–Crippen LogP) is 4.54. The Labute approximate surface area is 114 Å². The molecule has 1 heterocycles. The Morgan fingerprint density at radius 3 is 2.74 bits per heavy atom. The first-order valence-corrected chi connectivity index (χ1v) is 6.25. The quantitative estimate of drug-likeness (QED) is 0.746. The van der Waals surface area contributed by atoms with Gasteiger partial charge in [-0.3, -0.25) is 0 Å². The maximum atomic E-state index is 13.4. The molecule has 2 nitrogen and oxygen atoms in total. The molecular weight excluding hydrogens is 265 g/mol. The van der Waals surface area contributed by atoms with E-state index in [2.05, 4.69) is 4.98 Å². The van der Waals surface area contributed by atoms with Crippen molar-refractivity contribution in [1.82, 2.24) is 4.98 Å². The van der Waals surface area contributed by atoms with E-state index in [0.29, 0.717) is 5.02 Å². The highest BCUT2D eigenvalue weighted by atomic mass is 35.5. The zero-order valence-electron chi connectivity index (χ0n) is 9.99. The number of ether oxygens (including phenoxy) is 1. The Bertz CT molecular complexity index is 723. The monoisotopic (exact) mass is 275 g/mol. The van der Waals surface area contributed by atoms with Crippen LogP contribution in [0.3, 0.4) is 0 Å². The van der Waals surface area contributed by atoms with E-state index in [-0.39, 0.29) is 18.2 Å². The van der Waals surface area contributed by atoms with Crippen LogP contribution in [0.5, 0.6) is 5.75 Å². The van der Waals surface area contributed by atoms with Crippen LogP contribution in [-0.2, 0) is 6.61 Å². The van der Waals surface area contributed by atoms with Crippen molar-refractivity contribution >= 4 is 22.5 Å². The average molecular weight is 276 g/mol. The first-order chi connectivity index (χ1) is 9.24. The number of rotatable bonds is 3. The summed E-state index contributed by atoms with van der Waals surface area (Å²) in [5, 5.41) is 1.63. The van der Waals surface area contributed by atoms with E-state index in [4.69, 9.17) is 16.3 Å². The maximum Gasteiger partial charge on any atom is 0.165 e. The number of benzene rings is 2. The molecule has 19 heavy (non-hydrogen) atoms. The van der Waals surface area contributed by atoms with Gasteiger partial charge < -0.3 is 9.72 Å². The second-order valence-electron chi connectivity index (χ2n) is 4.21. The summed E-state index contributed by atoms with van der Waals surface area (Å²) < 4.78 is 18.8. The van der Waals surface area contributed by atoms with Gasteiger partial charge in [0.1, 0.15) is 6.61 Å². The van der Waals surface area contributed by atoms with E-state index in [1.165, 1.54) is 6.07 Å². The largest absolute Gasteiger partial charge is 0.484 e. The third-order valence-corrected chi connectivity index (χ3v) is 3.22. The predicted molar refractivity (Wildman–Crippen MR) is 74.0 cm³/mol. The van der Waals surface area contributed by atoms with Crippen molar-refractivity contribution in [3.63, 3.8) is 0 Å². The molecule has 3 rings (SSSR count). The minimum absolute atomic E-state index is 0.243. The highest BCUT2D eigenvalue weighted by molar-refractivity contribution is 6.35. The van der Waals surface area contributed by atoms with E-state index in [9.17, 15) is 4.39 Å². The molecule has 1 N–H and O–H groups in total. The van der Waals surface area contributed by atoms with Crippen LogP contribution in [0.15, 0.2) is 48.5 Å². The fourth-order valence-electron chi connectivity index (χ4n) is 1.97. The molecule has 0 aliphatic rings. The average Bonchev–Trinajstić information content (AvgIpc) is 2.82. The van der Waals surface area contributed by atoms with Gasteiger partial charge in [-0.05, 0) is 30.3 Å². The molecule has 0 amide bonds. The lowest BCUT2D eigenvalue weighted by Gasteiger charge is -2.05. The van der Waals surface area contributed by atoms with Crippen molar-refractivity contribution in [1.29, 1.82) is 0 Å². The number of halogens is 2. The Morgan fingerprint density at radius 1 is 1.11 bits per heavy atom.